The van der Waals surface area contributed by atoms with Gasteiger partial charge in [0.05, 0.1) is 0 Å². The van der Waals surface area contributed by atoms with E-state index in [4.69, 9.17) is 11.6 Å². The zero-order valence-corrected chi connectivity index (χ0v) is 20.9. The third-order valence-corrected chi connectivity index (χ3v) is 7.52. The van der Waals surface area contributed by atoms with Crippen LogP contribution in [-0.4, -0.2) is 17.4 Å². The molecule has 0 saturated heterocycles. The van der Waals surface area contributed by atoms with E-state index in [-0.39, 0.29) is 17.4 Å². The van der Waals surface area contributed by atoms with E-state index < -0.39 is 12.1 Å². The minimum atomic E-state index is -0.784. The van der Waals surface area contributed by atoms with E-state index in [1.165, 1.54) is 24.8 Å². The van der Waals surface area contributed by atoms with Crippen LogP contribution in [0.3, 0.4) is 0 Å². The van der Waals surface area contributed by atoms with Crippen molar-refractivity contribution in [2.24, 2.45) is 0 Å². The van der Waals surface area contributed by atoms with Crippen LogP contribution in [0.4, 0.5) is 5.69 Å². The van der Waals surface area contributed by atoms with Crippen molar-refractivity contribution in [2.45, 2.75) is 56.1 Å². The van der Waals surface area contributed by atoms with E-state index in [9.17, 15) is 9.59 Å². The Hall–Kier alpha value is -3.19. The van der Waals surface area contributed by atoms with E-state index in [1.807, 2.05) is 48.5 Å². The fourth-order valence-corrected chi connectivity index (χ4v) is 5.57. The maximum Gasteiger partial charge on any atom is 0.255 e. The molecule has 1 spiro atoms. The summed E-state index contributed by atoms with van der Waals surface area (Å²) < 4.78 is 0. The summed E-state index contributed by atoms with van der Waals surface area (Å²) in [4.78, 5) is 26.8. The lowest BCUT2D eigenvalue weighted by atomic mass is 9.73. The summed E-state index contributed by atoms with van der Waals surface area (Å²) in [6.07, 6.45) is 6.65. The first-order chi connectivity index (χ1) is 17.5. The molecule has 4 N–H and O–H groups in total. The fraction of sp³-hybridized carbons (Fsp3) is 0.310. The zero-order chi connectivity index (χ0) is 25.0. The van der Waals surface area contributed by atoms with Crippen molar-refractivity contribution in [3.8, 4) is 0 Å². The molecule has 186 valence electrons. The average Bonchev–Trinajstić information content (AvgIpc) is 2.90. The van der Waals surface area contributed by atoms with Gasteiger partial charge in [-0.1, -0.05) is 85.5 Å². The van der Waals surface area contributed by atoms with Gasteiger partial charge in [-0.25, -0.2) is 5.43 Å². The monoisotopic (exact) mass is 502 g/mol. The maximum absolute atomic E-state index is 13.6. The van der Waals surface area contributed by atoms with Crippen molar-refractivity contribution in [3.63, 3.8) is 0 Å². The Morgan fingerprint density at radius 1 is 0.889 bits per heavy atom. The lowest BCUT2D eigenvalue weighted by Crippen LogP contribution is -2.58. The number of nitrogens with one attached hydrogen (secondary N) is 4. The SMILES string of the molecule is O=C(Nc1ccc(Cl)cc1)[C@@H](NNC(=O)[C@@H]1NC2(CCCCC2)Cc2ccccc21)c1ccccc1. The predicted octanol–water partition coefficient (Wildman–Crippen LogP) is 5.23. The summed E-state index contributed by atoms with van der Waals surface area (Å²) in [6.45, 7) is 0. The average molecular weight is 503 g/mol. The van der Waals surface area contributed by atoms with Crippen molar-refractivity contribution in [1.82, 2.24) is 16.2 Å². The quantitative estimate of drug-likeness (QED) is 0.348. The molecule has 6 nitrogen and oxygen atoms in total. The number of hydrogen-bond donors (Lipinski definition) is 4. The molecule has 2 amide bonds. The molecule has 2 atom stereocenters. The third-order valence-electron chi connectivity index (χ3n) is 7.26. The fourth-order valence-electron chi connectivity index (χ4n) is 5.44. The molecule has 1 fully saturated rings. The molecule has 2 aliphatic rings. The topological polar surface area (TPSA) is 82.3 Å². The summed E-state index contributed by atoms with van der Waals surface area (Å²) in [5, 5.41) is 7.20. The number of amides is 2. The van der Waals surface area contributed by atoms with Gasteiger partial charge in [0.1, 0.15) is 12.1 Å². The van der Waals surface area contributed by atoms with Crippen LogP contribution in [0.25, 0.3) is 0 Å². The Bertz CT molecular complexity index is 1210. The van der Waals surface area contributed by atoms with Crippen molar-refractivity contribution in [2.75, 3.05) is 5.32 Å². The maximum atomic E-state index is 13.6. The molecule has 3 aromatic rings. The molecule has 0 bridgehead atoms. The van der Waals surface area contributed by atoms with Crippen LogP contribution in [0.2, 0.25) is 5.02 Å². The Kier molecular flexibility index (Phi) is 7.37. The second-order valence-corrected chi connectivity index (χ2v) is 10.2. The number of rotatable bonds is 6. The molecule has 36 heavy (non-hydrogen) atoms. The van der Waals surface area contributed by atoms with Crippen LogP contribution >= 0.6 is 11.6 Å². The summed E-state index contributed by atoms with van der Waals surface area (Å²) in [5.41, 5.74) is 9.39. The first-order valence-electron chi connectivity index (χ1n) is 12.6. The second kappa shape index (κ2) is 10.8. The Balaban J connectivity index is 1.34. The van der Waals surface area contributed by atoms with Gasteiger partial charge in [-0.2, -0.15) is 0 Å². The molecule has 1 aliphatic heterocycles. The predicted molar refractivity (Wildman–Crippen MR) is 142 cm³/mol. The number of halogens is 1. The van der Waals surface area contributed by atoms with Crippen LogP contribution in [0, 0.1) is 0 Å². The van der Waals surface area contributed by atoms with E-state index in [0.29, 0.717) is 10.7 Å². The number of carbonyl (C=O) groups excluding carboxylic acids is 2. The van der Waals surface area contributed by atoms with Gasteiger partial charge in [-0.05, 0) is 60.2 Å². The highest BCUT2D eigenvalue weighted by molar-refractivity contribution is 6.30. The summed E-state index contributed by atoms with van der Waals surface area (Å²) in [7, 11) is 0. The summed E-state index contributed by atoms with van der Waals surface area (Å²) >= 11 is 5.98. The molecule has 7 heteroatoms. The van der Waals surface area contributed by atoms with Gasteiger partial charge in [0, 0.05) is 16.2 Å². The van der Waals surface area contributed by atoms with Gasteiger partial charge in [-0.3, -0.25) is 20.3 Å². The summed E-state index contributed by atoms with van der Waals surface area (Å²) in [5.74, 6) is -0.489. The Morgan fingerprint density at radius 3 is 2.33 bits per heavy atom. The molecule has 0 unspecified atom stereocenters. The lowest BCUT2D eigenvalue weighted by Gasteiger charge is -2.45. The molecular formula is C29H31ClN4O2. The Morgan fingerprint density at radius 2 is 1.58 bits per heavy atom. The van der Waals surface area contributed by atoms with E-state index in [1.54, 1.807) is 24.3 Å². The van der Waals surface area contributed by atoms with Crippen molar-refractivity contribution < 1.29 is 9.59 Å². The van der Waals surface area contributed by atoms with Gasteiger partial charge in [0.15, 0.2) is 0 Å². The zero-order valence-electron chi connectivity index (χ0n) is 20.1. The van der Waals surface area contributed by atoms with Gasteiger partial charge in [0.2, 0.25) is 5.91 Å². The normalized spacial score (nSPS) is 19.2. The first-order valence-corrected chi connectivity index (χ1v) is 12.9. The largest absolute Gasteiger partial charge is 0.324 e. The van der Waals surface area contributed by atoms with E-state index in [0.717, 1.165) is 30.4 Å². The number of hydrazine groups is 1. The Labute approximate surface area is 216 Å². The summed E-state index contributed by atoms with van der Waals surface area (Å²) in [6, 6.07) is 23.2. The molecule has 3 aromatic carbocycles. The molecule has 1 saturated carbocycles. The van der Waals surface area contributed by atoms with Crippen molar-refractivity contribution in [3.05, 3.63) is 101 Å². The number of fused-ring (bicyclic) bond motifs is 1. The van der Waals surface area contributed by atoms with Crippen LogP contribution in [0.15, 0.2) is 78.9 Å². The van der Waals surface area contributed by atoms with Crippen LogP contribution in [0.5, 0.6) is 0 Å². The van der Waals surface area contributed by atoms with Crippen LogP contribution in [0.1, 0.15) is 60.9 Å². The molecular weight excluding hydrogens is 472 g/mol. The van der Waals surface area contributed by atoms with Crippen molar-refractivity contribution >= 4 is 29.1 Å². The number of carbonyl (C=O) groups is 2. The van der Waals surface area contributed by atoms with Crippen LogP contribution < -0.4 is 21.5 Å². The standard InChI is InChI=1S/C29H31ClN4O2/c30-22-13-15-23(16-14-22)31-27(35)25(20-9-3-1-4-10-20)33-34-28(36)26-24-12-6-5-11-21(24)19-29(32-26)17-7-2-8-18-29/h1,3-6,9-16,25-26,32-33H,2,7-8,17-19H2,(H,31,35)(H,34,36)/t25-,26+/m0/s1. The number of anilines is 1. The highest BCUT2D eigenvalue weighted by Gasteiger charge is 2.41. The molecule has 5 rings (SSSR count). The van der Waals surface area contributed by atoms with E-state index in [2.05, 4.69) is 27.6 Å². The molecule has 1 aliphatic carbocycles. The highest BCUT2D eigenvalue weighted by Crippen LogP contribution is 2.39. The lowest BCUT2D eigenvalue weighted by molar-refractivity contribution is -0.126. The van der Waals surface area contributed by atoms with Crippen LogP contribution in [-0.2, 0) is 16.0 Å². The van der Waals surface area contributed by atoms with E-state index >= 15 is 0 Å². The molecule has 0 aromatic heterocycles. The van der Waals surface area contributed by atoms with Gasteiger partial charge in [0.25, 0.3) is 5.91 Å². The minimum Gasteiger partial charge on any atom is -0.324 e. The van der Waals surface area contributed by atoms with Crippen molar-refractivity contribution in [1.29, 1.82) is 0 Å². The minimum absolute atomic E-state index is 0.0562. The smallest absolute Gasteiger partial charge is 0.255 e. The molecule has 1 heterocycles. The first kappa shape index (κ1) is 24.5. The highest BCUT2D eigenvalue weighted by atomic mass is 35.5. The van der Waals surface area contributed by atoms with Gasteiger partial charge >= 0.3 is 0 Å². The van der Waals surface area contributed by atoms with Gasteiger partial charge < -0.3 is 5.32 Å². The second-order valence-electron chi connectivity index (χ2n) is 9.77. The third kappa shape index (κ3) is 5.46. The number of hydrogen-bond acceptors (Lipinski definition) is 4. The van der Waals surface area contributed by atoms with Gasteiger partial charge in [-0.15, -0.1) is 0 Å². The molecule has 0 radical (unpaired) electrons. The number of benzene rings is 3.